The van der Waals surface area contributed by atoms with E-state index in [1.54, 1.807) is 6.92 Å². The maximum absolute atomic E-state index is 11.9. The Morgan fingerprint density at radius 3 is 2.33 bits per heavy atom. The van der Waals surface area contributed by atoms with Gasteiger partial charge >= 0.3 is 6.18 Å². The lowest BCUT2D eigenvalue weighted by atomic mass is 10.2. The minimum absolute atomic E-state index is 0.349. The van der Waals surface area contributed by atoms with Crippen molar-refractivity contribution >= 4 is 0 Å². The van der Waals surface area contributed by atoms with Crippen molar-refractivity contribution in [3.63, 3.8) is 0 Å². The molecule has 1 heterocycles. The van der Waals surface area contributed by atoms with E-state index in [0.717, 1.165) is 12.3 Å². The molecule has 0 bridgehead atoms. The van der Waals surface area contributed by atoms with Crippen LogP contribution in [0.15, 0.2) is 16.7 Å². The molecule has 1 aromatic heterocycles. The van der Waals surface area contributed by atoms with Crippen LogP contribution in [0.2, 0.25) is 0 Å². The van der Waals surface area contributed by atoms with Crippen LogP contribution in [0.5, 0.6) is 0 Å². The lowest BCUT2D eigenvalue weighted by molar-refractivity contribution is -0.153. The van der Waals surface area contributed by atoms with Crippen molar-refractivity contribution in [1.82, 2.24) is 0 Å². The van der Waals surface area contributed by atoms with Crippen LogP contribution in [0.3, 0.4) is 0 Å². The molecule has 0 saturated carbocycles. The standard InChI is InChI=1S/C7H8F3NO/c1-4(11)5-2-6(12-3-5)7(8,9)10/h2-4H,11H2,1H3/t4-/m0/s1. The summed E-state index contributed by atoms with van der Waals surface area (Å²) in [5.41, 5.74) is 5.69. The Bertz CT molecular complexity index is 264. The van der Waals surface area contributed by atoms with E-state index in [0.29, 0.717) is 5.56 Å². The van der Waals surface area contributed by atoms with Crippen LogP contribution in [0.4, 0.5) is 13.2 Å². The van der Waals surface area contributed by atoms with Crippen molar-refractivity contribution in [2.45, 2.75) is 19.1 Å². The largest absolute Gasteiger partial charge is 0.459 e. The fourth-order valence-electron chi connectivity index (χ4n) is 0.738. The number of rotatable bonds is 1. The number of halogens is 3. The van der Waals surface area contributed by atoms with Gasteiger partial charge in [0.1, 0.15) is 0 Å². The van der Waals surface area contributed by atoms with Crippen molar-refractivity contribution < 1.29 is 17.6 Å². The summed E-state index contributed by atoms with van der Waals surface area (Å²) in [5, 5.41) is 0. The SMILES string of the molecule is C[C@H](N)c1coc(C(F)(F)F)c1. The van der Waals surface area contributed by atoms with Gasteiger partial charge in [0.25, 0.3) is 0 Å². The van der Waals surface area contributed by atoms with E-state index in [1.165, 1.54) is 0 Å². The van der Waals surface area contributed by atoms with Crippen molar-refractivity contribution in [3.05, 3.63) is 23.7 Å². The minimum atomic E-state index is -4.42. The van der Waals surface area contributed by atoms with E-state index in [1.807, 2.05) is 0 Å². The highest BCUT2D eigenvalue weighted by molar-refractivity contribution is 5.17. The average molecular weight is 179 g/mol. The Balaban J connectivity index is 2.92. The van der Waals surface area contributed by atoms with Gasteiger partial charge in [-0.3, -0.25) is 0 Å². The number of hydrogen-bond donors (Lipinski definition) is 1. The van der Waals surface area contributed by atoms with Gasteiger partial charge in [-0.2, -0.15) is 13.2 Å². The van der Waals surface area contributed by atoms with E-state index in [4.69, 9.17) is 5.73 Å². The van der Waals surface area contributed by atoms with Gasteiger partial charge < -0.3 is 10.2 Å². The molecule has 0 aliphatic carbocycles. The summed E-state index contributed by atoms with van der Waals surface area (Å²) in [4.78, 5) is 0. The third-order valence-electron chi connectivity index (χ3n) is 1.42. The van der Waals surface area contributed by atoms with Crippen LogP contribution in [-0.2, 0) is 6.18 Å². The van der Waals surface area contributed by atoms with Gasteiger partial charge in [0, 0.05) is 11.6 Å². The molecule has 0 saturated heterocycles. The fourth-order valence-corrected chi connectivity index (χ4v) is 0.738. The predicted octanol–water partition coefficient (Wildman–Crippen LogP) is 2.32. The molecule has 0 spiro atoms. The van der Waals surface area contributed by atoms with E-state index in [-0.39, 0.29) is 0 Å². The van der Waals surface area contributed by atoms with Gasteiger partial charge in [-0.05, 0) is 13.0 Å². The molecule has 0 amide bonds. The molecule has 0 aliphatic heterocycles. The Kier molecular flexibility index (Phi) is 2.14. The first kappa shape index (κ1) is 9.12. The zero-order valence-electron chi connectivity index (χ0n) is 6.35. The fraction of sp³-hybridized carbons (Fsp3) is 0.429. The predicted molar refractivity (Wildman–Crippen MR) is 36.3 cm³/mol. The highest BCUT2D eigenvalue weighted by Crippen LogP contribution is 2.31. The van der Waals surface area contributed by atoms with Crippen LogP contribution >= 0.6 is 0 Å². The molecule has 0 fully saturated rings. The zero-order valence-corrected chi connectivity index (χ0v) is 6.35. The smallest absolute Gasteiger partial charge is 0.449 e. The van der Waals surface area contributed by atoms with E-state index < -0.39 is 18.0 Å². The van der Waals surface area contributed by atoms with Gasteiger partial charge in [0.15, 0.2) is 0 Å². The molecular formula is C7H8F3NO. The summed E-state index contributed by atoms with van der Waals surface area (Å²) >= 11 is 0. The first-order valence-corrected chi connectivity index (χ1v) is 3.32. The van der Waals surface area contributed by atoms with Gasteiger partial charge in [0.05, 0.1) is 6.26 Å². The summed E-state index contributed by atoms with van der Waals surface area (Å²) in [6, 6.07) is 0.467. The molecule has 0 aliphatic rings. The molecule has 1 aromatic rings. The summed E-state index contributed by atoms with van der Waals surface area (Å²) in [5.74, 6) is -1.00. The van der Waals surface area contributed by atoms with Gasteiger partial charge in [-0.15, -0.1) is 0 Å². The quantitative estimate of drug-likeness (QED) is 0.718. The summed E-state index contributed by atoms with van der Waals surface area (Å²) in [6.45, 7) is 1.59. The lowest BCUT2D eigenvalue weighted by Gasteiger charge is -1.99. The highest BCUT2D eigenvalue weighted by Gasteiger charge is 2.34. The molecule has 1 rings (SSSR count). The molecule has 2 N–H and O–H groups in total. The van der Waals surface area contributed by atoms with Crippen molar-refractivity contribution in [2.75, 3.05) is 0 Å². The summed E-state index contributed by atoms with van der Waals surface area (Å²) in [7, 11) is 0. The molecule has 5 heteroatoms. The first-order valence-electron chi connectivity index (χ1n) is 3.32. The summed E-state index contributed by atoms with van der Waals surface area (Å²) < 4.78 is 40.1. The Morgan fingerprint density at radius 2 is 2.08 bits per heavy atom. The normalized spacial score (nSPS) is 14.8. The number of hydrogen-bond acceptors (Lipinski definition) is 2. The van der Waals surface area contributed by atoms with Crippen molar-refractivity contribution in [3.8, 4) is 0 Å². The molecule has 0 radical (unpaired) electrons. The molecule has 1 atom stereocenters. The van der Waals surface area contributed by atoms with E-state index >= 15 is 0 Å². The third kappa shape index (κ3) is 1.79. The van der Waals surface area contributed by atoms with Crippen LogP contribution in [-0.4, -0.2) is 0 Å². The maximum Gasteiger partial charge on any atom is 0.449 e. The second-order valence-electron chi connectivity index (χ2n) is 2.53. The second kappa shape index (κ2) is 2.82. The van der Waals surface area contributed by atoms with Crippen LogP contribution in [0, 0.1) is 0 Å². The zero-order chi connectivity index (χ0) is 9.35. The van der Waals surface area contributed by atoms with Gasteiger partial charge in [0.2, 0.25) is 5.76 Å². The topological polar surface area (TPSA) is 39.2 Å². The lowest BCUT2D eigenvalue weighted by Crippen LogP contribution is -2.05. The molecule has 2 nitrogen and oxygen atoms in total. The van der Waals surface area contributed by atoms with Crippen molar-refractivity contribution in [1.29, 1.82) is 0 Å². The van der Waals surface area contributed by atoms with E-state index in [2.05, 4.69) is 4.42 Å². The Morgan fingerprint density at radius 1 is 1.50 bits per heavy atom. The average Bonchev–Trinajstić information content (AvgIpc) is 2.30. The number of furan rings is 1. The number of alkyl halides is 3. The second-order valence-corrected chi connectivity index (χ2v) is 2.53. The molecule has 0 aromatic carbocycles. The van der Waals surface area contributed by atoms with Crippen molar-refractivity contribution in [2.24, 2.45) is 5.73 Å². The molecule has 12 heavy (non-hydrogen) atoms. The maximum atomic E-state index is 11.9. The monoisotopic (exact) mass is 179 g/mol. The Hall–Kier alpha value is -0.970. The molecular weight excluding hydrogens is 171 g/mol. The summed E-state index contributed by atoms with van der Waals surface area (Å²) in [6.07, 6.45) is -3.40. The highest BCUT2D eigenvalue weighted by atomic mass is 19.4. The van der Waals surface area contributed by atoms with Crippen LogP contribution in [0.1, 0.15) is 24.3 Å². The minimum Gasteiger partial charge on any atom is -0.459 e. The van der Waals surface area contributed by atoms with Gasteiger partial charge in [-0.25, -0.2) is 0 Å². The first-order chi connectivity index (χ1) is 5.41. The number of nitrogens with two attached hydrogens (primary N) is 1. The van der Waals surface area contributed by atoms with Crippen LogP contribution in [0.25, 0.3) is 0 Å². The van der Waals surface area contributed by atoms with Crippen LogP contribution < -0.4 is 5.73 Å². The van der Waals surface area contributed by atoms with Gasteiger partial charge in [-0.1, -0.05) is 0 Å². The van der Waals surface area contributed by atoms with E-state index in [9.17, 15) is 13.2 Å². The molecule has 0 unspecified atom stereocenters. The Labute approximate surface area is 67.2 Å². The molecule has 68 valence electrons. The third-order valence-corrected chi connectivity index (χ3v) is 1.42.